The van der Waals surface area contributed by atoms with Gasteiger partial charge in [0.05, 0.1) is 5.02 Å². The van der Waals surface area contributed by atoms with Crippen LogP contribution in [0.15, 0.2) is 53.0 Å². The van der Waals surface area contributed by atoms with Gasteiger partial charge in [-0.15, -0.1) is 0 Å². The van der Waals surface area contributed by atoms with Crippen molar-refractivity contribution in [1.82, 2.24) is 4.90 Å². The van der Waals surface area contributed by atoms with E-state index in [0.29, 0.717) is 23.7 Å². The van der Waals surface area contributed by atoms with Crippen LogP contribution in [0.5, 0.6) is 0 Å². The Morgan fingerprint density at radius 1 is 1.20 bits per heavy atom. The van der Waals surface area contributed by atoms with Crippen molar-refractivity contribution >= 4 is 33.4 Å². The standard InChI is InChI=1S/C16H15BrClNO/c1-2-19(11-12-6-4-3-5-7-12)16(20)13-8-9-14(17)15(18)10-13/h3-10H,2,11H2,1H3. The Labute approximate surface area is 132 Å². The predicted molar refractivity (Wildman–Crippen MR) is 86.0 cm³/mol. The second-order valence-corrected chi connectivity index (χ2v) is 5.70. The van der Waals surface area contributed by atoms with Crippen molar-refractivity contribution in [2.24, 2.45) is 0 Å². The number of nitrogens with zero attached hydrogens (tertiary/aromatic N) is 1. The van der Waals surface area contributed by atoms with Crippen molar-refractivity contribution in [3.05, 3.63) is 69.2 Å². The maximum atomic E-state index is 12.5. The van der Waals surface area contributed by atoms with Crippen molar-refractivity contribution in [1.29, 1.82) is 0 Å². The minimum absolute atomic E-state index is 0.00856. The smallest absolute Gasteiger partial charge is 0.254 e. The van der Waals surface area contributed by atoms with Gasteiger partial charge in [0, 0.05) is 23.1 Å². The van der Waals surface area contributed by atoms with Crippen LogP contribution >= 0.6 is 27.5 Å². The quantitative estimate of drug-likeness (QED) is 0.776. The van der Waals surface area contributed by atoms with Crippen LogP contribution in [0.2, 0.25) is 5.02 Å². The molecule has 0 radical (unpaired) electrons. The zero-order chi connectivity index (χ0) is 14.5. The molecular weight excluding hydrogens is 338 g/mol. The fraction of sp³-hybridized carbons (Fsp3) is 0.188. The van der Waals surface area contributed by atoms with Gasteiger partial charge in [0.15, 0.2) is 0 Å². The van der Waals surface area contributed by atoms with E-state index in [1.54, 1.807) is 23.1 Å². The van der Waals surface area contributed by atoms with Gasteiger partial charge < -0.3 is 4.90 Å². The third-order valence-electron chi connectivity index (χ3n) is 3.05. The molecule has 0 aliphatic carbocycles. The largest absolute Gasteiger partial charge is 0.335 e. The van der Waals surface area contributed by atoms with E-state index in [1.165, 1.54) is 0 Å². The summed E-state index contributed by atoms with van der Waals surface area (Å²) in [6, 6.07) is 15.2. The Bertz CT molecular complexity index is 601. The minimum atomic E-state index is -0.00856. The third kappa shape index (κ3) is 3.62. The molecule has 0 aromatic heterocycles. The highest BCUT2D eigenvalue weighted by Gasteiger charge is 2.15. The molecule has 0 bridgehead atoms. The van der Waals surface area contributed by atoms with Gasteiger partial charge in [-0.05, 0) is 46.6 Å². The van der Waals surface area contributed by atoms with Crippen molar-refractivity contribution in [3.8, 4) is 0 Å². The summed E-state index contributed by atoms with van der Waals surface area (Å²) in [6.07, 6.45) is 0. The fourth-order valence-corrected chi connectivity index (χ4v) is 2.37. The lowest BCUT2D eigenvalue weighted by molar-refractivity contribution is 0.0752. The Hall–Kier alpha value is -1.32. The van der Waals surface area contributed by atoms with Crippen LogP contribution in [-0.4, -0.2) is 17.4 Å². The molecule has 2 aromatic carbocycles. The normalized spacial score (nSPS) is 10.3. The summed E-state index contributed by atoms with van der Waals surface area (Å²) in [6.45, 7) is 3.23. The van der Waals surface area contributed by atoms with Crippen molar-refractivity contribution < 1.29 is 4.79 Å². The topological polar surface area (TPSA) is 20.3 Å². The van der Waals surface area contributed by atoms with Crippen molar-refractivity contribution in [2.75, 3.05) is 6.54 Å². The van der Waals surface area contributed by atoms with Gasteiger partial charge in [-0.2, -0.15) is 0 Å². The van der Waals surface area contributed by atoms with E-state index in [-0.39, 0.29) is 5.91 Å². The molecule has 0 aliphatic rings. The summed E-state index contributed by atoms with van der Waals surface area (Å²) in [4.78, 5) is 14.3. The second kappa shape index (κ2) is 6.91. The Balaban J connectivity index is 2.18. The number of rotatable bonds is 4. The molecule has 0 saturated heterocycles. The van der Waals surface area contributed by atoms with E-state index in [2.05, 4.69) is 15.9 Å². The number of hydrogen-bond donors (Lipinski definition) is 0. The highest BCUT2D eigenvalue weighted by atomic mass is 79.9. The molecule has 4 heteroatoms. The summed E-state index contributed by atoms with van der Waals surface area (Å²) in [5.41, 5.74) is 1.72. The molecule has 2 aromatic rings. The molecule has 0 unspecified atom stereocenters. The zero-order valence-corrected chi connectivity index (χ0v) is 13.5. The number of halogens is 2. The minimum Gasteiger partial charge on any atom is -0.335 e. The first-order valence-corrected chi connectivity index (χ1v) is 7.57. The molecule has 0 saturated carbocycles. The summed E-state index contributed by atoms with van der Waals surface area (Å²) in [5, 5.41) is 0.548. The molecule has 0 aliphatic heterocycles. The first-order valence-electron chi connectivity index (χ1n) is 6.40. The molecule has 0 spiro atoms. The predicted octanol–water partition coefficient (Wildman–Crippen LogP) is 4.76. The van der Waals surface area contributed by atoms with E-state index in [9.17, 15) is 4.79 Å². The highest BCUT2D eigenvalue weighted by molar-refractivity contribution is 9.10. The highest BCUT2D eigenvalue weighted by Crippen LogP contribution is 2.24. The van der Waals surface area contributed by atoms with Gasteiger partial charge in [-0.1, -0.05) is 41.9 Å². The number of hydrogen-bond acceptors (Lipinski definition) is 1. The van der Waals surface area contributed by atoms with Crippen molar-refractivity contribution in [2.45, 2.75) is 13.5 Å². The van der Waals surface area contributed by atoms with E-state index in [1.807, 2.05) is 37.3 Å². The van der Waals surface area contributed by atoms with Gasteiger partial charge in [0.2, 0.25) is 0 Å². The Kier molecular flexibility index (Phi) is 5.21. The van der Waals surface area contributed by atoms with E-state index in [4.69, 9.17) is 11.6 Å². The molecule has 0 N–H and O–H groups in total. The summed E-state index contributed by atoms with van der Waals surface area (Å²) >= 11 is 9.38. The van der Waals surface area contributed by atoms with Gasteiger partial charge in [-0.3, -0.25) is 4.79 Å². The monoisotopic (exact) mass is 351 g/mol. The number of carbonyl (C=O) groups is 1. The molecule has 0 atom stereocenters. The summed E-state index contributed by atoms with van der Waals surface area (Å²) in [5.74, 6) is -0.00856. The van der Waals surface area contributed by atoms with Crippen LogP contribution in [0.3, 0.4) is 0 Å². The van der Waals surface area contributed by atoms with Crippen LogP contribution < -0.4 is 0 Å². The van der Waals surface area contributed by atoms with Crippen LogP contribution in [0.4, 0.5) is 0 Å². The molecule has 104 valence electrons. The number of amides is 1. The second-order valence-electron chi connectivity index (χ2n) is 4.43. The van der Waals surface area contributed by atoms with E-state index >= 15 is 0 Å². The zero-order valence-electron chi connectivity index (χ0n) is 11.1. The van der Waals surface area contributed by atoms with E-state index in [0.717, 1.165) is 10.0 Å². The third-order valence-corrected chi connectivity index (χ3v) is 4.28. The van der Waals surface area contributed by atoms with Gasteiger partial charge in [-0.25, -0.2) is 0 Å². The fourth-order valence-electron chi connectivity index (χ4n) is 1.94. The first-order chi connectivity index (χ1) is 9.61. The van der Waals surface area contributed by atoms with Crippen LogP contribution in [-0.2, 0) is 6.54 Å². The van der Waals surface area contributed by atoms with Crippen molar-refractivity contribution in [3.63, 3.8) is 0 Å². The maximum Gasteiger partial charge on any atom is 0.254 e. The van der Waals surface area contributed by atoms with Gasteiger partial charge in [0.25, 0.3) is 5.91 Å². The first kappa shape index (κ1) is 15.1. The lowest BCUT2D eigenvalue weighted by Gasteiger charge is -2.21. The molecule has 1 amide bonds. The molecule has 20 heavy (non-hydrogen) atoms. The summed E-state index contributed by atoms with van der Waals surface area (Å²) in [7, 11) is 0. The Morgan fingerprint density at radius 2 is 1.90 bits per heavy atom. The lowest BCUT2D eigenvalue weighted by atomic mass is 10.1. The van der Waals surface area contributed by atoms with Crippen LogP contribution in [0, 0.1) is 0 Å². The Morgan fingerprint density at radius 3 is 2.50 bits per heavy atom. The van der Waals surface area contributed by atoms with Crippen LogP contribution in [0.1, 0.15) is 22.8 Å². The van der Waals surface area contributed by atoms with Gasteiger partial charge in [0.1, 0.15) is 0 Å². The SMILES string of the molecule is CCN(Cc1ccccc1)C(=O)c1ccc(Br)c(Cl)c1. The van der Waals surface area contributed by atoms with Crippen LogP contribution in [0.25, 0.3) is 0 Å². The molecule has 0 heterocycles. The maximum absolute atomic E-state index is 12.5. The van der Waals surface area contributed by atoms with Gasteiger partial charge >= 0.3 is 0 Å². The molecule has 0 fully saturated rings. The lowest BCUT2D eigenvalue weighted by Crippen LogP contribution is -2.30. The van der Waals surface area contributed by atoms with E-state index < -0.39 is 0 Å². The number of benzene rings is 2. The molecular formula is C16H15BrClNO. The molecule has 2 nitrogen and oxygen atoms in total. The molecule has 2 rings (SSSR count). The average Bonchev–Trinajstić information content (AvgIpc) is 2.48. The average molecular weight is 353 g/mol. The summed E-state index contributed by atoms with van der Waals surface area (Å²) < 4.78 is 0.793. The number of carbonyl (C=O) groups excluding carboxylic acids is 1.